The van der Waals surface area contributed by atoms with Gasteiger partial charge < -0.3 is 11.1 Å². The Morgan fingerprint density at radius 1 is 1.54 bits per heavy atom. The Hall–Kier alpha value is -0.570. The summed E-state index contributed by atoms with van der Waals surface area (Å²) in [6, 6.07) is 0.579. The van der Waals surface area contributed by atoms with Crippen molar-refractivity contribution in [2.75, 3.05) is 0 Å². The third-order valence-corrected chi connectivity index (χ3v) is 2.55. The van der Waals surface area contributed by atoms with Gasteiger partial charge in [0, 0.05) is 18.5 Å². The second-order valence-corrected chi connectivity index (χ2v) is 4.06. The second kappa shape index (κ2) is 5.22. The zero-order chi connectivity index (χ0) is 9.68. The summed E-state index contributed by atoms with van der Waals surface area (Å²) < 4.78 is 0. The molecular formula is C10H20N2O. The van der Waals surface area contributed by atoms with Gasteiger partial charge in [-0.3, -0.25) is 4.79 Å². The summed E-state index contributed by atoms with van der Waals surface area (Å²) in [5, 5.41) is 3.04. The lowest BCUT2D eigenvalue weighted by Crippen LogP contribution is -2.33. The largest absolute Gasteiger partial charge is 0.353 e. The minimum Gasteiger partial charge on any atom is -0.353 e. The average molecular weight is 184 g/mol. The van der Waals surface area contributed by atoms with Crippen LogP contribution in [0.1, 0.15) is 45.4 Å². The summed E-state index contributed by atoms with van der Waals surface area (Å²) in [5.74, 6) is 0.171. The molecule has 0 radical (unpaired) electrons. The van der Waals surface area contributed by atoms with Crippen molar-refractivity contribution in [3.8, 4) is 0 Å². The van der Waals surface area contributed by atoms with E-state index in [-0.39, 0.29) is 11.9 Å². The summed E-state index contributed by atoms with van der Waals surface area (Å²) in [4.78, 5) is 11.3. The zero-order valence-corrected chi connectivity index (χ0v) is 8.38. The van der Waals surface area contributed by atoms with E-state index in [2.05, 4.69) is 5.32 Å². The molecule has 0 aromatic carbocycles. The lowest BCUT2D eigenvalue weighted by Gasteiger charge is -2.12. The van der Waals surface area contributed by atoms with E-state index in [0.717, 1.165) is 19.3 Å². The minimum atomic E-state index is 0.134. The SMILES string of the molecule is CC(N)CCC(=O)NC1CCCC1. The molecule has 1 fully saturated rings. The fourth-order valence-corrected chi connectivity index (χ4v) is 1.73. The lowest BCUT2D eigenvalue weighted by atomic mass is 10.1. The molecule has 0 aromatic rings. The van der Waals surface area contributed by atoms with Crippen molar-refractivity contribution >= 4 is 5.91 Å². The van der Waals surface area contributed by atoms with Crippen LogP contribution in [0.4, 0.5) is 0 Å². The van der Waals surface area contributed by atoms with Crippen LogP contribution in [0.3, 0.4) is 0 Å². The van der Waals surface area contributed by atoms with Gasteiger partial charge in [-0.15, -0.1) is 0 Å². The van der Waals surface area contributed by atoms with E-state index in [1.165, 1.54) is 12.8 Å². The van der Waals surface area contributed by atoms with Crippen molar-refractivity contribution in [2.45, 2.75) is 57.5 Å². The van der Waals surface area contributed by atoms with E-state index >= 15 is 0 Å². The van der Waals surface area contributed by atoms with E-state index in [1.807, 2.05) is 6.92 Å². The van der Waals surface area contributed by atoms with E-state index in [1.54, 1.807) is 0 Å². The Labute approximate surface area is 80.1 Å². The highest BCUT2D eigenvalue weighted by molar-refractivity contribution is 5.76. The molecule has 0 bridgehead atoms. The van der Waals surface area contributed by atoms with Gasteiger partial charge in [0.25, 0.3) is 0 Å². The van der Waals surface area contributed by atoms with E-state index in [9.17, 15) is 4.79 Å². The van der Waals surface area contributed by atoms with E-state index < -0.39 is 0 Å². The van der Waals surface area contributed by atoms with Gasteiger partial charge in [0.15, 0.2) is 0 Å². The van der Waals surface area contributed by atoms with Crippen molar-refractivity contribution in [1.29, 1.82) is 0 Å². The van der Waals surface area contributed by atoms with Crippen molar-refractivity contribution in [3.63, 3.8) is 0 Å². The molecular weight excluding hydrogens is 164 g/mol. The molecule has 0 saturated heterocycles. The van der Waals surface area contributed by atoms with Crippen LogP contribution in [0.15, 0.2) is 0 Å². The fraction of sp³-hybridized carbons (Fsp3) is 0.900. The van der Waals surface area contributed by atoms with Crippen LogP contribution >= 0.6 is 0 Å². The first kappa shape index (κ1) is 10.5. The van der Waals surface area contributed by atoms with Gasteiger partial charge in [-0.25, -0.2) is 0 Å². The normalized spacial score (nSPS) is 20.2. The summed E-state index contributed by atoms with van der Waals surface area (Å²) >= 11 is 0. The zero-order valence-electron chi connectivity index (χ0n) is 8.38. The Balaban J connectivity index is 2.09. The molecule has 1 rings (SSSR count). The highest BCUT2D eigenvalue weighted by Crippen LogP contribution is 2.17. The summed E-state index contributed by atoms with van der Waals surface area (Å²) in [6.07, 6.45) is 6.21. The molecule has 0 aromatic heterocycles. The summed E-state index contributed by atoms with van der Waals surface area (Å²) in [7, 11) is 0. The highest BCUT2D eigenvalue weighted by Gasteiger charge is 2.16. The number of amides is 1. The van der Waals surface area contributed by atoms with Crippen molar-refractivity contribution in [3.05, 3.63) is 0 Å². The number of nitrogens with one attached hydrogen (secondary N) is 1. The third-order valence-electron chi connectivity index (χ3n) is 2.55. The quantitative estimate of drug-likeness (QED) is 0.689. The van der Waals surface area contributed by atoms with Crippen molar-refractivity contribution in [2.24, 2.45) is 5.73 Å². The van der Waals surface area contributed by atoms with Crippen molar-refractivity contribution in [1.82, 2.24) is 5.32 Å². The number of nitrogens with two attached hydrogens (primary N) is 1. The van der Waals surface area contributed by atoms with Crippen LogP contribution in [0.25, 0.3) is 0 Å². The van der Waals surface area contributed by atoms with Crippen LogP contribution in [0, 0.1) is 0 Å². The van der Waals surface area contributed by atoms with Gasteiger partial charge in [-0.05, 0) is 26.2 Å². The maximum absolute atomic E-state index is 11.3. The first-order valence-electron chi connectivity index (χ1n) is 5.23. The van der Waals surface area contributed by atoms with E-state index in [4.69, 9.17) is 5.73 Å². The molecule has 3 nitrogen and oxygen atoms in total. The molecule has 0 heterocycles. The van der Waals surface area contributed by atoms with Crippen LogP contribution < -0.4 is 11.1 Å². The predicted octanol–water partition coefficient (Wildman–Crippen LogP) is 1.17. The molecule has 3 N–H and O–H groups in total. The topological polar surface area (TPSA) is 55.1 Å². The monoisotopic (exact) mass is 184 g/mol. The smallest absolute Gasteiger partial charge is 0.220 e. The molecule has 1 aliphatic carbocycles. The van der Waals surface area contributed by atoms with Crippen LogP contribution in [-0.2, 0) is 4.79 Å². The van der Waals surface area contributed by atoms with Gasteiger partial charge in [0.2, 0.25) is 5.91 Å². The van der Waals surface area contributed by atoms with Crippen LogP contribution in [-0.4, -0.2) is 18.0 Å². The van der Waals surface area contributed by atoms with Gasteiger partial charge >= 0.3 is 0 Å². The summed E-state index contributed by atoms with van der Waals surface area (Å²) in [5.41, 5.74) is 5.57. The Morgan fingerprint density at radius 2 is 2.15 bits per heavy atom. The molecule has 1 aliphatic rings. The standard InChI is InChI=1S/C10H20N2O/c1-8(11)6-7-10(13)12-9-4-2-3-5-9/h8-9H,2-7,11H2,1H3,(H,12,13). The number of hydrogen-bond donors (Lipinski definition) is 2. The average Bonchev–Trinajstić information content (AvgIpc) is 2.53. The minimum absolute atomic E-state index is 0.134. The molecule has 1 saturated carbocycles. The molecule has 1 unspecified atom stereocenters. The molecule has 0 spiro atoms. The molecule has 76 valence electrons. The van der Waals surface area contributed by atoms with Crippen molar-refractivity contribution < 1.29 is 4.79 Å². The summed E-state index contributed by atoms with van der Waals surface area (Å²) in [6.45, 7) is 1.93. The number of rotatable bonds is 4. The van der Waals surface area contributed by atoms with Crippen LogP contribution in [0.2, 0.25) is 0 Å². The molecule has 3 heteroatoms. The molecule has 0 aliphatic heterocycles. The maximum atomic E-state index is 11.3. The van der Waals surface area contributed by atoms with Gasteiger partial charge in [0.05, 0.1) is 0 Å². The van der Waals surface area contributed by atoms with Gasteiger partial charge in [0.1, 0.15) is 0 Å². The molecule has 13 heavy (non-hydrogen) atoms. The third kappa shape index (κ3) is 4.27. The molecule has 1 amide bonds. The highest BCUT2D eigenvalue weighted by atomic mass is 16.1. The lowest BCUT2D eigenvalue weighted by molar-refractivity contribution is -0.121. The Kier molecular flexibility index (Phi) is 4.22. The van der Waals surface area contributed by atoms with Gasteiger partial charge in [-0.2, -0.15) is 0 Å². The predicted molar refractivity (Wildman–Crippen MR) is 53.3 cm³/mol. The van der Waals surface area contributed by atoms with E-state index in [0.29, 0.717) is 12.5 Å². The van der Waals surface area contributed by atoms with Crippen LogP contribution in [0.5, 0.6) is 0 Å². The Morgan fingerprint density at radius 3 is 2.69 bits per heavy atom. The fourth-order valence-electron chi connectivity index (χ4n) is 1.73. The first-order valence-corrected chi connectivity index (χ1v) is 5.23. The Bertz CT molecular complexity index is 162. The second-order valence-electron chi connectivity index (χ2n) is 4.06. The maximum Gasteiger partial charge on any atom is 0.220 e. The number of hydrogen-bond acceptors (Lipinski definition) is 2. The number of carbonyl (C=O) groups excluding carboxylic acids is 1. The molecule has 1 atom stereocenters. The first-order chi connectivity index (χ1) is 6.18. The number of carbonyl (C=O) groups is 1. The van der Waals surface area contributed by atoms with Gasteiger partial charge in [-0.1, -0.05) is 12.8 Å².